The quantitative estimate of drug-likeness (QED) is 0.437. The summed E-state index contributed by atoms with van der Waals surface area (Å²) in [4.78, 5) is 26.0. The van der Waals surface area contributed by atoms with Crippen molar-refractivity contribution in [1.82, 2.24) is 0 Å². The number of nitrogens with zero attached hydrogens (tertiary/aromatic N) is 2. The summed E-state index contributed by atoms with van der Waals surface area (Å²) in [5, 5.41) is 15.0. The van der Waals surface area contributed by atoms with Gasteiger partial charge in [0, 0.05) is 41.9 Å². The Hall–Kier alpha value is -3.59. The van der Waals surface area contributed by atoms with Crippen LogP contribution in [0.3, 0.4) is 0 Å². The van der Waals surface area contributed by atoms with Gasteiger partial charge in [-0.3, -0.25) is 9.59 Å². The van der Waals surface area contributed by atoms with Crippen LogP contribution in [-0.2, 0) is 4.79 Å². The minimum atomic E-state index is -0.513. The average molecular weight is 388 g/mol. The lowest BCUT2D eigenvalue weighted by atomic mass is 10.1. The summed E-state index contributed by atoms with van der Waals surface area (Å²) < 4.78 is 0. The fourth-order valence-corrected chi connectivity index (χ4v) is 3.21. The van der Waals surface area contributed by atoms with Crippen molar-refractivity contribution in [3.05, 3.63) is 65.9 Å². The number of benzene rings is 2. The van der Waals surface area contributed by atoms with Crippen molar-refractivity contribution in [2.45, 2.75) is 26.2 Å². The molecule has 0 aliphatic carbocycles. The fraction of sp³-hybridized carbons (Fsp3) is 0.261. The maximum atomic E-state index is 12.3. The molecular formula is C23H24N4O2. The summed E-state index contributed by atoms with van der Waals surface area (Å²) in [7, 11) is 0. The topological polar surface area (TPSA) is 85.2 Å². The van der Waals surface area contributed by atoms with Gasteiger partial charge in [-0.05, 0) is 74.7 Å². The molecule has 0 aromatic heterocycles. The molecule has 0 unspecified atom stereocenters. The SMILES string of the molecule is CC(=O)c1ccc(NC(=O)/C(C#N)=C\Nc2ccc(N3CCCCC3)cc2)cc1. The molecule has 1 fully saturated rings. The van der Waals surface area contributed by atoms with Crippen LogP contribution in [0.4, 0.5) is 17.1 Å². The summed E-state index contributed by atoms with van der Waals surface area (Å²) in [5.74, 6) is -0.559. The number of nitriles is 1. The van der Waals surface area contributed by atoms with Crippen molar-refractivity contribution in [3.8, 4) is 6.07 Å². The number of Topliss-reactive ketones (excluding diaryl/α,β-unsaturated/α-hetero) is 1. The number of rotatable bonds is 6. The second-order valence-electron chi connectivity index (χ2n) is 7.00. The molecular weight excluding hydrogens is 364 g/mol. The molecule has 1 heterocycles. The van der Waals surface area contributed by atoms with Crippen molar-refractivity contribution in [3.63, 3.8) is 0 Å². The molecule has 1 aliphatic heterocycles. The number of piperidine rings is 1. The fourth-order valence-electron chi connectivity index (χ4n) is 3.21. The summed E-state index contributed by atoms with van der Waals surface area (Å²) in [6, 6.07) is 16.4. The monoisotopic (exact) mass is 388 g/mol. The molecule has 0 radical (unpaired) electrons. The summed E-state index contributed by atoms with van der Waals surface area (Å²) in [5.41, 5.74) is 3.03. The van der Waals surface area contributed by atoms with Gasteiger partial charge in [0.25, 0.3) is 5.91 Å². The number of ketones is 1. The maximum Gasteiger partial charge on any atom is 0.267 e. The number of anilines is 3. The lowest BCUT2D eigenvalue weighted by molar-refractivity contribution is -0.112. The molecule has 2 N–H and O–H groups in total. The number of carbonyl (C=O) groups excluding carboxylic acids is 2. The third-order valence-corrected chi connectivity index (χ3v) is 4.89. The van der Waals surface area contributed by atoms with E-state index in [-0.39, 0.29) is 11.4 Å². The smallest absolute Gasteiger partial charge is 0.267 e. The van der Waals surface area contributed by atoms with Crippen molar-refractivity contribution >= 4 is 28.8 Å². The highest BCUT2D eigenvalue weighted by Gasteiger charge is 2.11. The van der Waals surface area contributed by atoms with E-state index in [4.69, 9.17) is 0 Å². The number of hydrogen-bond donors (Lipinski definition) is 2. The van der Waals surface area contributed by atoms with Gasteiger partial charge in [0.1, 0.15) is 11.6 Å². The third kappa shape index (κ3) is 5.45. The van der Waals surface area contributed by atoms with E-state index in [0.717, 1.165) is 18.8 Å². The van der Waals surface area contributed by atoms with Crippen molar-refractivity contribution in [2.24, 2.45) is 0 Å². The van der Waals surface area contributed by atoms with Crippen LogP contribution >= 0.6 is 0 Å². The molecule has 2 aromatic carbocycles. The molecule has 1 saturated heterocycles. The zero-order valence-electron chi connectivity index (χ0n) is 16.4. The van der Waals surface area contributed by atoms with E-state index < -0.39 is 5.91 Å². The molecule has 1 aliphatic rings. The van der Waals surface area contributed by atoms with E-state index in [9.17, 15) is 14.9 Å². The van der Waals surface area contributed by atoms with Crippen LogP contribution in [0, 0.1) is 11.3 Å². The van der Waals surface area contributed by atoms with Gasteiger partial charge in [-0.15, -0.1) is 0 Å². The molecule has 3 rings (SSSR count). The molecule has 6 heteroatoms. The Morgan fingerprint density at radius 3 is 2.17 bits per heavy atom. The molecule has 148 valence electrons. The molecule has 2 aromatic rings. The number of hydrogen-bond acceptors (Lipinski definition) is 5. The minimum Gasteiger partial charge on any atom is -0.372 e. The van der Waals surface area contributed by atoms with Gasteiger partial charge >= 0.3 is 0 Å². The number of nitrogens with one attached hydrogen (secondary N) is 2. The van der Waals surface area contributed by atoms with Crippen LogP contribution in [0.1, 0.15) is 36.5 Å². The standard InChI is InChI=1S/C23H24N4O2/c1-17(28)18-5-7-21(8-6-18)26-23(29)19(15-24)16-25-20-9-11-22(12-10-20)27-13-3-2-4-14-27/h5-12,16,25H,2-4,13-14H2,1H3,(H,26,29)/b19-16-. The minimum absolute atomic E-state index is 0.0410. The first-order valence-corrected chi connectivity index (χ1v) is 9.71. The Balaban J connectivity index is 1.61. The predicted octanol–water partition coefficient (Wildman–Crippen LogP) is 4.34. The van der Waals surface area contributed by atoms with E-state index in [1.807, 2.05) is 30.3 Å². The Kier molecular flexibility index (Phi) is 6.64. The molecule has 29 heavy (non-hydrogen) atoms. The van der Waals surface area contributed by atoms with Gasteiger partial charge in [0.2, 0.25) is 0 Å². The first-order chi connectivity index (χ1) is 14.1. The zero-order chi connectivity index (χ0) is 20.6. The molecule has 0 bridgehead atoms. The molecule has 0 saturated carbocycles. The Labute approximate surface area is 170 Å². The normalized spacial score (nSPS) is 14.1. The van der Waals surface area contributed by atoms with Crippen molar-refractivity contribution < 1.29 is 9.59 Å². The van der Waals surface area contributed by atoms with Gasteiger partial charge in [0.05, 0.1) is 0 Å². The van der Waals surface area contributed by atoms with Crippen molar-refractivity contribution in [1.29, 1.82) is 5.26 Å². The number of carbonyl (C=O) groups is 2. The van der Waals surface area contributed by atoms with Gasteiger partial charge in [0.15, 0.2) is 5.78 Å². The van der Waals surface area contributed by atoms with Crippen LogP contribution in [0.15, 0.2) is 60.3 Å². The van der Waals surface area contributed by atoms with Gasteiger partial charge in [-0.1, -0.05) is 0 Å². The zero-order valence-corrected chi connectivity index (χ0v) is 16.4. The second kappa shape index (κ2) is 9.56. The van der Waals surface area contributed by atoms with Crippen LogP contribution < -0.4 is 15.5 Å². The Morgan fingerprint density at radius 1 is 0.966 bits per heavy atom. The van der Waals surface area contributed by atoms with Crippen molar-refractivity contribution in [2.75, 3.05) is 28.6 Å². The van der Waals surface area contributed by atoms with E-state index in [1.165, 1.54) is 38.1 Å². The Morgan fingerprint density at radius 2 is 1.59 bits per heavy atom. The van der Waals surface area contributed by atoms with Gasteiger partial charge < -0.3 is 15.5 Å². The first kappa shape index (κ1) is 20.2. The molecule has 0 atom stereocenters. The average Bonchev–Trinajstić information content (AvgIpc) is 2.75. The van der Waals surface area contributed by atoms with Crippen LogP contribution in [0.2, 0.25) is 0 Å². The lowest BCUT2D eigenvalue weighted by Gasteiger charge is -2.28. The summed E-state index contributed by atoms with van der Waals surface area (Å²) in [6.45, 7) is 3.65. The lowest BCUT2D eigenvalue weighted by Crippen LogP contribution is -2.29. The highest BCUT2D eigenvalue weighted by atomic mass is 16.1. The number of amides is 1. The highest BCUT2D eigenvalue weighted by Crippen LogP contribution is 2.22. The second-order valence-corrected chi connectivity index (χ2v) is 7.00. The van der Waals surface area contributed by atoms with E-state index in [0.29, 0.717) is 11.3 Å². The van der Waals surface area contributed by atoms with Crippen LogP contribution in [0.5, 0.6) is 0 Å². The molecule has 0 spiro atoms. The molecule has 1 amide bonds. The maximum absolute atomic E-state index is 12.3. The van der Waals surface area contributed by atoms with Crippen LogP contribution in [0.25, 0.3) is 0 Å². The van der Waals surface area contributed by atoms with Gasteiger partial charge in [-0.25, -0.2) is 0 Å². The largest absolute Gasteiger partial charge is 0.372 e. The summed E-state index contributed by atoms with van der Waals surface area (Å²) >= 11 is 0. The van der Waals surface area contributed by atoms with E-state index in [1.54, 1.807) is 24.3 Å². The molecule has 6 nitrogen and oxygen atoms in total. The predicted molar refractivity (Wildman–Crippen MR) is 115 cm³/mol. The van der Waals surface area contributed by atoms with E-state index in [2.05, 4.69) is 15.5 Å². The van der Waals surface area contributed by atoms with Crippen LogP contribution in [-0.4, -0.2) is 24.8 Å². The van der Waals surface area contributed by atoms with E-state index >= 15 is 0 Å². The third-order valence-electron chi connectivity index (χ3n) is 4.89. The summed E-state index contributed by atoms with van der Waals surface area (Å²) in [6.07, 6.45) is 5.14. The Bertz CT molecular complexity index is 934. The first-order valence-electron chi connectivity index (χ1n) is 9.71. The highest BCUT2D eigenvalue weighted by molar-refractivity contribution is 6.07. The van der Waals surface area contributed by atoms with Gasteiger partial charge in [-0.2, -0.15) is 5.26 Å².